The number of hydrogen-bond donors (Lipinski definition) is 3. The van der Waals surface area contributed by atoms with Gasteiger partial charge in [0.2, 0.25) is 17.7 Å². The summed E-state index contributed by atoms with van der Waals surface area (Å²) in [6.07, 6.45) is -0.341. The van der Waals surface area contributed by atoms with Gasteiger partial charge in [-0.2, -0.15) is 18.4 Å². The van der Waals surface area contributed by atoms with Gasteiger partial charge >= 0.3 is 12.1 Å². The van der Waals surface area contributed by atoms with Gasteiger partial charge in [-0.1, -0.05) is 20.8 Å². The fraction of sp³-hybridized carbons (Fsp3) is 0.815. The van der Waals surface area contributed by atoms with E-state index in [0.717, 1.165) is 25.7 Å². The Kier molecular flexibility index (Phi) is 6.66. The van der Waals surface area contributed by atoms with Crippen molar-refractivity contribution < 1.29 is 32.3 Å². The first-order valence-corrected chi connectivity index (χ1v) is 13.8. The molecule has 2 heterocycles. The quantitative estimate of drug-likeness (QED) is 0.464. The van der Waals surface area contributed by atoms with Crippen LogP contribution in [-0.2, 0) is 19.2 Å². The molecule has 39 heavy (non-hydrogen) atoms. The molecule has 4 amide bonds. The van der Waals surface area contributed by atoms with Gasteiger partial charge in [-0.15, -0.1) is 0 Å². The van der Waals surface area contributed by atoms with Gasteiger partial charge in [0.05, 0.1) is 6.07 Å². The van der Waals surface area contributed by atoms with E-state index in [0.29, 0.717) is 18.9 Å². The van der Waals surface area contributed by atoms with E-state index >= 15 is 0 Å². The third-order valence-electron chi connectivity index (χ3n) is 10.0. The Bertz CT molecular complexity index is 1110. The molecule has 3 N–H and O–H groups in total. The summed E-state index contributed by atoms with van der Waals surface area (Å²) in [5.74, 6) is -3.51. The largest absolute Gasteiger partial charge is 0.471 e. The maximum absolute atomic E-state index is 13.9. The van der Waals surface area contributed by atoms with E-state index in [2.05, 4.69) is 16.7 Å². The second-order valence-electron chi connectivity index (χ2n) is 13.2. The van der Waals surface area contributed by atoms with Crippen molar-refractivity contribution in [3.8, 4) is 6.07 Å². The summed E-state index contributed by atoms with van der Waals surface area (Å²) < 4.78 is 39.5. The van der Waals surface area contributed by atoms with Crippen LogP contribution in [0.1, 0.15) is 59.3 Å². The summed E-state index contributed by atoms with van der Waals surface area (Å²) in [6, 6.07) is -1.33. The number of alkyl halides is 3. The van der Waals surface area contributed by atoms with Gasteiger partial charge in [0.1, 0.15) is 18.1 Å². The Morgan fingerprint density at radius 1 is 1.13 bits per heavy atom. The molecule has 12 heteroatoms. The average Bonchev–Trinajstić information content (AvgIpc) is 3.09. The molecule has 5 aliphatic rings. The van der Waals surface area contributed by atoms with Crippen molar-refractivity contribution >= 4 is 23.6 Å². The molecule has 3 aliphatic carbocycles. The van der Waals surface area contributed by atoms with Gasteiger partial charge in [-0.3, -0.25) is 19.2 Å². The number of nitrogens with one attached hydrogen (secondary N) is 3. The van der Waals surface area contributed by atoms with Crippen LogP contribution < -0.4 is 16.0 Å². The third kappa shape index (κ3) is 4.65. The molecule has 2 bridgehead atoms. The van der Waals surface area contributed by atoms with Gasteiger partial charge in [0.25, 0.3) is 0 Å². The number of nitriles is 1. The average molecular weight is 552 g/mol. The maximum atomic E-state index is 13.9. The van der Waals surface area contributed by atoms with Gasteiger partial charge in [-0.05, 0) is 73.0 Å². The minimum atomic E-state index is -5.16. The number of rotatable bonds is 6. The van der Waals surface area contributed by atoms with E-state index < -0.39 is 53.4 Å². The molecule has 5 rings (SSSR count). The van der Waals surface area contributed by atoms with Gasteiger partial charge < -0.3 is 20.9 Å². The van der Waals surface area contributed by atoms with E-state index in [9.17, 15) is 37.6 Å². The zero-order valence-corrected chi connectivity index (χ0v) is 22.4. The monoisotopic (exact) mass is 551 g/mol. The minimum absolute atomic E-state index is 0.0473. The molecule has 214 valence electrons. The van der Waals surface area contributed by atoms with Crippen molar-refractivity contribution in [3.05, 3.63) is 0 Å². The number of amides is 4. The van der Waals surface area contributed by atoms with Crippen LogP contribution in [0.3, 0.4) is 0 Å². The first-order valence-electron chi connectivity index (χ1n) is 13.8. The molecule has 1 spiro atoms. The van der Waals surface area contributed by atoms with Gasteiger partial charge in [0.15, 0.2) is 0 Å². The number of hydrogen-bond acceptors (Lipinski definition) is 5. The Hall–Kier alpha value is -2.84. The minimum Gasteiger partial charge on any atom is -0.356 e. The summed E-state index contributed by atoms with van der Waals surface area (Å²) in [7, 11) is 0. The molecule has 0 aromatic heterocycles. The Morgan fingerprint density at radius 2 is 1.79 bits per heavy atom. The molecule has 0 unspecified atom stereocenters. The van der Waals surface area contributed by atoms with Crippen LogP contribution in [0.25, 0.3) is 0 Å². The fourth-order valence-corrected chi connectivity index (χ4v) is 8.26. The predicted molar refractivity (Wildman–Crippen MR) is 131 cm³/mol. The highest BCUT2D eigenvalue weighted by molar-refractivity contribution is 5.94. The smallest absolute Gasteiger partial charge is 0.356 e. The number of halogens is 3. The van der Waals surface area contributed by atoms with E-state index in [1.54, 1.807) is 20.8 Å². The molecule has 5 fully saturated rings. The zero-order chi connectivity index (χ0) is 28.5. The molecule has 2 saturated heterocycles. The fourth-order valence-electron chi connectivity index (χ4n) is 8.26. The summed E-state index contributed by atoms with van der Waals surface area (Å²) in [5.41, 5.74) is -0.869. The lowest BCUT2D eigenvalue weighted by Gasteiger charge is -2.37. The summed E-state index contributed by atoms with van der Waals surface area (Å²) >= 11 is 0. The second kappa shape index (κ2) is 9.37. The molecule has 0 radical (unpaired) electrons. The topological polar surface area (TPSA) is 131 Å². The maximum Gasteiger partial charge on any atom is 0.471 e. The summed E-state index contributed by atoms with van der Waals surface area (Å²) in [4.78, 5) is 53.1. The Morgan fingerprint density at radius 3 is 2.33 bits per heavy atom. The zero-order valence-electron chi connectivity index (χ0n) is 22.4. The molecule has 0 aromatic carbocycles. The first-order chi connectivity index (χ1) is 18.2. The van der Waals surface area contributed by atoms with Crippen molar-refractivity contribution in [1.82, 2.24) is 20.9 Å². The van der Waals surface area contributed by atoms with Crippen LogP contribution in [0, 0.1) is 51.8 Å². The van der Waals surface area contributed by atoms with Crippen LogP contribution in [0.15, 0.2) is 0 Å². The van der Waals surface area contributed by atoms with Crippen LogP contribution in [0.4, 0.5) is 13.2 Å². The van der Waals surface area contributed by atoms with Crippen molar-refractivity contribution in [2.45, 2.75) is 83.6 Å². The summed E-state index contributed by atoms with van der Waals surface area (Å²) in [5, 5.41) is 17.1. The van der Waals surface area contributed by atoms with E-state index in [-0.39, 0.29) is 42.0 Å². The molecule has 0 aromatic rings. The molecule has 9 nitrogen and oxygen atoms in total. The SMILES string of the molecule is CC(C)(C)[C@H](NC(=O)C(F)(F)F)C(=O)N1C[C@H]2[C@@H]([C@H]1C(=O)N[C@H](C#N)C[C@@H]1CCNC1=O)[C@H]1CC[C@@H]2C12CC2. The first kappa shape index (κ1) is 27.7. The lowest BCUT2D eigenvalue weighted by atomic mass is 9.78. The Balaban J connectivity index is 1.42. The van der Waals surface area contributed by atoms with Crippen LogP contribution in [0.2, 0.25) is 0 Å². The normalized spacial score (nSPS) is 33.8. The predicted octanol–water partition coefficient (Wildman–Crippen LogP) is 1.88. The number of nitrogens with zero attached hydrogens (tertiary/aromatic N) is 2. The number of likely N-dealkylation sites (tertiary alicyclic amines) is 1. The second-order valence-corrected chi connectivity index (χ2v) is 13.2. The third-order valence-corrected chi connectivity index (χ3v) is 10.0. The highest BCUT2D eigenvalue weighted by atomic mass is 19.4. The van der Waals surface area contributed by atoms with Gasteiger partial charge in [-0.25, -0.2) is 0 Å². The van der Waals surface area contributed by atoms with Crippen LogP contribution >= 0.6 is 0 Å². The van der Waals surface area contributed by atoms with Crippen LogP contribution in [-0.4, -0.2) is 65.9 Å². The number of carbonyl (C=O) groups excluding carboxylic acids is 4. The number of fused-ring (bicyclic) bond motifs is 3. The van der Waals surface area contributed by atoms with E-state index in [4.69, 9.17) is 0 Å². The molecule has 8 atom stereocenters. The molecule has 3 saturated carbocycles. The van der Waals surface area contributed by atoms with Crippen molar-refractivity contribution in [2.24, 2.45) is 40.4 Å². The van der Waals surface area contributed by atoms with Crippen molar-refractivity contribution in [2.75, 3.05) is 13.1 Å². The lowest BCUT2D eigenvalue weighted by Crippen LogP contribution is -2.60. The van der Waals surface area contributed by atoms with Crippen molar-refractivity contribution in [1.29, 1.82) is 5.26 Å². The molecular formula is C27H36F3N5O4. The highest BCUT2D eigenvalue weighted by Crippen LogP contribution is 2.76. The van der Waals surface area contributed by atoms with Crippen LogP contribution in [0.5, 0.6) is 0 Å². The highest BCUT2D eigenvalue weighted by Gasteiger charge is 2.73. The van der Waals surface area contributed by atoms with E-state index in [1.165, 1.54) is 4.90 Å². The van der Waals surface area contributed by atoms with E-state index in [1.807, 2.05) is 5.32 Å². The van der Waals surface area contributed by atoms with Crippen molar-refractivity contribution in [3.63, 3.8) is 0 Å². The van der Waals surface area contributed by atoms with Gasteiger partial charge in [0, 0.05) is 19.0 Å². The standard InChI is InChI=1S/C27H36F3N5O4/c1-25(2,3)20(34-24(39)27(28,29)30)23(38)35-12-15-16-4-5-17(26(16)7-8-26)18(15)19(35)22(37)33-14(11-31)10-13-6-9-32-21(13)36/h13-20H,4-10,12H2,1-3H3,(H,32,36)(H,33,37)(H,34,39)/t13-,14-,15+,16-,17+,18+,19-,20+/m0/s1. The summed E-state index contributed by atoms with van der Waals surface area (Å²) in [6.45, 7) is 5.45. The molecule has 2 aliphatic heterocycles. The number of carbonyl (C=O) groups is 4. The molecular weight excluding hydrogens is 515 g/mol. The Labute approximate surface area is 225 Å². The lowest BCUT2D eigenvalue weighted by molar-refractivity contribution is -0.176.